The Morgan fingerprint density at radius 2 is 1.97 bits per heavy atom. The van der Waals surface area contributed by atoms with Crippen LogP contribution in [-0.2, 0) is 12.0 Å². The molecule has 0 aliphatic carbocycles. The number of likely N-dealkylation sites (tertiary alicyclic amines) is 1. The molecule has 0 spiro atoms. The van der Waals surface area contributed by atoms with Crippen LogP contribution in [-0.4, -0.2) is 49.1 Å². The van der Waals surface area contributed by atoms with Crippen LogP contribution in [0, 0.1) is 25.6 Å². The summed E-state index contributed by atoms with van der Waals surface area (Å²) >= 11 is 0. The third-order valence-electron chi connectivity index (χ3n) is 6.22. The van der Waals surface area contributed by atoms with Gasteiger partial charge in [0.15, 0.2) is 5.96 Å². The fraction of sp³-hybridized carbons (Fsp3) is 0.583. The lowest BCUT2D eigenvalue weighted by Gasteiger charge is -2.32. The van der Waals surface area contributed by atoms with Gasteiger partial charge in [-0.25, -0.2) is 9.37 Å². The fourth-order valence-corrected chi connectivity index (χ4v) is 3.92. The summed E-state index contributed by atoms with van der Waals surface area (Å²) in [5, 5.41) is 6.87. The highest BCUT2D eigenvalue weighted by Gasteiger charge is 2.23. The number of halogens is 2. The number of nitrogens with zero attached hydrogens (tertiary/aromatic N) is 3. The molecule has 1 saturated heterocycles. The summed E-state index contributed by atoms with van der Waals surface area (Å²) in [6, 6.07) is 6.81. The highest BCUT2D eigenvalue weighted by Crippen LogP contribution is 2.23. The maximum atomic E-state index is 13.6. The Labute approximate surface area is 208 Å². The van der Waals surface area contributed by atoms with Crippen molar-refractivity contribution in [3.8, 4) is 0 Å². The minimum atomic E-state index is -0.207. The zero-order chi connectivity index (χ0) is 22.4. The average Bonchev–Trinajstić information content (AvgIpc) is 3.06. The lowest BCUT2D eigenvalue weighted by Crippen LogP contribution is -2.46. The Morgan fingerprint density at radius 3 is 2.56 bits per heavy atom. The number of nitrogens with one attached hydrogen (secondary N) is 2. The van der Waals surface area contributed by atoms with E-state index in [1.807, 2.05) is 19.9 Å². The van der Waals surface area contributed by atoms with Gasteiger partial charge in [-0.3, -0.25) is 9.89 Å². The molecule has 178 valence electrons. The number of oxazole rings is 1. The lowest BCUT2D eigenvalue weighted by atomic mass is 9.84. The minimum Gasteiger partial charge on any atom is -0.444 e. The first-order chi connectivity index (χ1) is 14.8. The van der Waals surface area contributed by atoms with Crippen molar-refractivity contribution < 1.29 is 8.81 Å². The van der Waals surface area contributed by atoms with Gasteiger partial charge in [0, 0.05) is 25.6 Å². The lowest BCUT2D eigenvalue weighted by molar-refractivity contribution is 0.164. The number of hydrogen-bond acceptors (Lipinski definition) is 4. The number of hydrogen-bond donors (Lipinski definition) is 2. The Kier molecular flexibility index (Phi) is 9.94. The fourth-order valence-electron chi connectivity index (χ4n) is 3.92. The van der Waals surface area contributed by atoms with Crippen LogP contribution >= 0.6 is 24.0 Å². The molecule has 2 N–H and O–H groups in total. The van der Waals surface area contributed by atoms with Gasteiger partial charge in [0.2, 0.25) is 5.89 Å². The van der Waals surface area contributed by atoms with E-state index in [0.717, 1.165) is 67.9 Å². The maximum absolute atomic E-state index is 13.6. The molecule has 0 radical (unpaired) electrons. The van der Waals surface area contributed by atoms with Crippen LogP contribution in [0.5, 0.6) is 0 Å². The van der Waals surface area contributed by atoms with E-state index in [1.54, 1.807) is 19.2 Å². The van der Waals surface area contributed by atoms with Crippen LogP contribution in [0.3, 0.4) is 0 Å². The molecular weight excluding hydrogens is 520 g/mol. The zero-order valence-corrected chi connectivity index (χ0v) is 22.2. The number of aliphatic imine (C=N–C) groups is 1. The Bertz CT molecular complexity index is 871. The Hall–Kier alpha value is -1.68. The van der Waals surface area contributed by atoms with Gasteiger partial charge >= 0.3 is 0 Å². The summed E-state index contributed by atoms with van der Waals surface area (Å²) < 4.78 is 19.3. The highest BCUT2D eigenvalue weighted by molar-refractivity contribution is 14.0. The van der Waals surface area contributed by atoms with Crippen LogP contribution < -0.4 is 10.6 Å². The van der Waals surface area contributed by atoms with Crippen LogP contribution in [0.2, 0.25) is 0 Å². The summed E-state index contributed by atoms with van der Waals surface area (Å²) in [6.45, 7) is 12.6. The smallest absolute Gasteiger partial charge is 0.208 e. The molecule has 0 bridgehead atoms. The second-order valence-corrected chi connectivity index (χ2v) is 9.17. The molecule has 0 atom stereocenters. The van der Waals surface area contributed by atoms with Crippen molar-refractivity contribution in [1.82, 2.24) is 20.5 Å². The molecule has 2 heterocycles. The van der Waals surface area contributed by atoms with Crippen molar-refractivity contribution in [3.05, 3.63) is 53.0 Å². The first kappa shape index (κ1) is 26.6. The van der Waals surface area contributed by atoms with Crippen molar-refractivity contribution in [3.63, 3.8) is 0 Å². The van der Waals surface area contributed by atoms with E-state index in [-0.39, 0.29) is 35.2 Å². The SMILES string of the molecule is CN=C(NCC1CCN(Cc2nc(C)c(C)o2)CC1)NCC(C)(C)c1cccc(F)c1.I. The molecular formula is C24H37FIN5O. The monoisotopic (exact) mass is 557 g/mol. The average molecular weight is 557 g/mol. The molecule has 3 rings (SSSR count). The number of piperidine rings is 1. The predicted molar refractivity (Wildman–Crippen MR) is 138 cm³/mol. The van der Waals surface area contributed by atoms with E-state index in [9.17, 15) is 4.39 Å². The van der Waals surface area contributed by atoms with Gasteiger partial charge in [0.1, 0.15) is 11.6 Å². The summed E-state index contributed by atoms with van der Waals surface area (Å²) in [7, 11) is 1.79. The molecule has 1 aliphatic heterocycles. The topological polar surface area (TPSA) is 65.7 Å². The van der Waals surface area contributed by atoms with Crippen molar-refractivity contribution in [1.29, 1.82) is 0 Å². The second-order valence-electron chi connectivity index (χ2n) is 9.17. The molecule has 6 nitrogen and oxygen atoms in total. The minimum absolute atomic E-state index is 0. The quantitative estimate of drug-likeness (QED) is 0.300. The van der Waals surface area contributed by atoms with Gasteiger partial charge in [-0.1, -0.05) is 26.0 Å². The van der Waals surface area contributed by atoms with Gasteiger partial charge in [-0.05, 0) is 63.4 Å². The van der Waals surface area contributed by atoms with E-state index in [0.29, 0.717) is 12.5 Å². The molecule has 0 saturated carbocycles. The van der Waals surface area contributed by atoms with Crippen molar-refractivity contribution in [2.24, 2.45) is 10.9 Å². The van der Waals surface area contributed by atoms with Gasteiger partial charge in [0.25, 0.3) is 0 Å². The number of benzene rings is 1. The van der Waals surface area contributed by atoms with Crippen molar-refractivity contribution in [2.75, 3.05) is 33.2 Å². The Balaban J connectivity index is 0.00000363. The van der Waals surface area contributed by atoms with Crippen LogP contribution in [0.4, 0.5) is 4.39 Å². The van der Waals surface area contributed by atoms with Crippen molar-refractivity contribution in [2.45, 2.75) is 52.5 Å². The van der Waals surface area contributed by atoms with Gasteiger partial charge < -0.3 is 15.1 Å². The van der Waals surface area contributed by atoms with E-state index in [2.05, 4.69) is 39.4 Å². The molecule has 1 aliphatic rings. The van der Waals surface area contributed by atoms with Gasteiger partial charge in [0.05, 0.1) is 12.2 Å². The van der Waals surface area contributed by atoms with Gasteiger partial charge in [-0.15, -0.1) is 24.0 Å². The van der Waals surface area contributed by atoms with E-state index >= 15 is 0 Å². The molecule has 0 unspecified atom stereocenters. The first-order valence-electron chi connectivity index (χ1n) is 11.1. The van der Waals surface area contributed by atoms with E-state index in [1.165, 1.54) is 6.07 Å². The molecule has 1 fully saturated rings. The first-order valence-corrected chi connectivity index (χ1v) is 11.1. The zero-order valence-electron chi connectivity index (χ0n) is 19.9. The van der Waals surface area contributed by atoms with Gasteiger partial charge in [-0.2, -0.15) is 0 Å². The third-order valence-corrected chi connectivity index (χ3v) is 6.22. The summed E-state index contributed by atoms with van der Waals surface area (Å²) in [4.78, 5) is 11.3. The standard InChI is InChI=1S/C24H36FN5O.HI/c1-17-18(2)31-22(29-17)15-30-11-9-19(10-12-30)14-27-23(26-5)28-16-24(3,4)20-7-6-8-21(25)13-20;/h6-8,13,19H,9-12,14-16H2,1-5H3,(H2,26,27,28);1H. The number of aromatic nitrogens is 1. The molecule has 2 aromatic rings. The Morgan fingerprint density at radius 1 is 1.25 bits per heavy atom. The summed E-state index contributed by atoms with van der Waals surface area (Å²) in [5.41, 5.74) is 1.74. The third kappa shape index (κ3) is 7.43. The van der Waals surface area contributed by atoms with Crippen LogP contribution in [0.15, 0.2) is 33.7 Å². The molecule has 1 aromatic heterocycles. The van der Waals surface area contributed by atoms with E-state index < -0.39 is 0 Å². The highest BCUT2D eigenvalue weighted by atomic mass is 127. The molecule has 8 heteroatoms. The molecule has 0 amide bonds. The molecule has 32 heavy (non-hydrogen) atoms. The van der Waals surface area contributed by atoms with Crippen LogP contribution in [0.25, 0.3) is 0 Å². The number of rotatable bonds is 7. The predicted octanol–water partition coefficient (Wildman–Crippen LogP) is 4.40. The van der Waals surface area contributed by atoms with Crippen LogP contribution in [0.1, 0.15) is 49.6 Å². The van der Waals surface area contributed by atoms with Crippen molar-refractivity contribution >= 4 is 29.9 Å². The maximum Gasteiger partial charge on any atom is 0.208 e. The second kappa shape index (κ2) is 12.0. The molecule has 1 aromatic carbocycles. The largest absolute Gasteiger partial charge is 0.444 e. The van der Waals surface area contributed by atoms with E-state index in [4.69, 9.17) is 4.42 Å². The summed E-state index contributed by atoms with van der Waals surface area (Å²) in [6.07, 6.45) is 2.27. The summed E-state index contributed by atoms with van der Waals surface area (Å²) in [5.74, 6) is 2.93. The number of guanidine groups is 1. The normalized spacial score (nSPS) is 16.0. The number of aryl methyl sites for hydroxylation is 2.